The van der Waals surface area contributed by atoms with Crippen LogP contribution in [0, 0.1) is 0 Å². The zero-order valence-electron chi connectivity index (χ0n) is 17.4. The third kappa shape index (κ3) is 8.51. The van der Waals surface area contributed by atoms with E-state index in [1.807, 2.05) is 54.4 Å². The first-order valence-corrected chi connectivity index (χ1v) is 10.5. The molecule has 31 heavy (non-hydrogen) atoms. The molecule has 1 aliphatic rings. The van der Waals surface area contributed by atoms with Crippen LogP contribution < -0.4 is 15.0 Å². The zero-order chi connectivity index (χ0) is 22.6. The van der Waals surface area contributed by atoms with Crippen LogP contribution in [0.5, 0.6) is 5.75 Å². The van der Waals surface area contributed by atoms with E-state index in [9.17, 15) is 14.4 Å². The number of rotatable bonds is 8. The van der Waals surface area contributed by atoms with Crippen molar-refractivity contribution in [1.29, 1.82) is 0 Å². The fourth-order valence-corrected chi connectivity index (χ4v) is 3.46. The van der Waals surface area contributed by atoms with Crippen LogP contribution in [-0.4, -0.2) is 52.7 Å². The molecule has 2 heterocycles. The average Bonchev–Trinajstić information content (AvgIpc) is 3.07. The second kappa shape index (κ2) is 12.4. The Balaban J connectivity index is 0.000000501. The summed E-state index contributed by atoms with van der Waals surface area (Å²) < 4.78 is 5.75. The summed E-state index contributed by atoms with van der Waals surface area (Å²) >= 11 is 1.05. The summed E-state index contributed by atoms with van der Waals surface area (Å²) in [5, 5.41) is 9.52. The highest BCUT2D eigenvalue weighted by molar-refractivity contribution is 8.15. The number of pyridine rings is 1. The number of likely N-dealkylation sites (N-methyl/N-ethyl adjacent to an activating group) is 1. The second-order valence-electron chi connectivity index (χ2n) is 6.53. The summed E-state index contributed by atoms with van der Waals surface area (Å²) in [4.78, 5) is 38.6. The van der Waals surface area contributed by atoms with Crippen LogP contribution >= 0.6 is 11.8 Å². The Hall–Kier alpha value is -3.33. The number of nitrogens with zero attached hydrogens (tertiary/aromatic N) is 2. The SMILES string of the molecule is C/C=C\C(=O)O.CN(CCOc1ccc(CC2SC(=O)NC2=O)cc1)c1ccccn1. The number of carbonyl (C=O) groups is 3. The van der Waals surface area contributed by atoms with E-state index in [0.29, 0.717) is 13.0 Å². The molecule has 1 aliphatic heterocycles. The molecule has 1 atom stereocenters. The van der Waals surface area contributed by atoms with E-state index < -0.39 is 5.97 Å². The highest BCUT2D eigenvalue weighted by Gasteiger charge is 2.31. The monoisotopic (exact) mass is 443 g/mol. The van der Waals surface area contributed by atoms with Crippen LogP contribution in [0.15, 0.2) is 60.8 Å². The van der Waals surface area contributed by atoms with Gasteiger partial charge in [0.2, 0.25) is 5.91 Å². The number of hydrogen-bond donors (Lipinski definition) is 2. The summed E-state index contributed by atoms with van der Waals surface area (Å²) in [6, 6.07) is 13.4. The lowest BCUT2D eigenvalue weighted by molar-refractivity contribution is -0.131. The molecule has 1 saturated heterocycles. The fourth-order valence-electron chi connectivity index (χ4n) is 2.60. The Bertz CT molecular complexity index is 903. The first-order valence-electron chi connectivity index (χ1n) is 9.60. The Morgan fingerprint density at radius 3 is 2.52 bits per heavy atom. The predicted octanol–water partition coefficient (Wildman–Crippen LogP) is 3.14. The molecule has 0 spiro atoms. The first kappa shape index (κ1) is 23.9. The number of aliphatic carboxylic acids is 1. The maximum Gasteiger partial charge on any atom is 0.327 e. The number of thioether (sulfide) groups is 1. The molecule has 164 valence electrons. The number of amides is 2. The predicted molar refractivity (Wildman–Crippen MR) is 121 cm³/mol. The molecule has 0 bridgehead atoms. The number of hydrogen-bond acceptors (Lipinski definition) is 7. The van der Waals surface area contributed by atoms with Gasteiger partial charge in [-0.1, -0.05) is 36.0 Å². The molecule has 0 aliphatic carbocycles. The van der Waals surface area contributed by atoms with E-state index >= 15 is 0 Å². The van der Waals surface area contributed by atoms with Crippen LogP contribution in [0.2, 0.25) is 0 Å². The lowest BCUT2D eigenvalue weighted by atomic mass is 10.1. The van der Waals surface area contributed by atoms with Crippen molar-refractivity contribution in [3.8, 4) is 5.75 Å². The van der Waals surface area contributed by atoms with Gasteiger partial charge in [-0.25, -0.2) is 9.78 Å². The van der Waals surface area contributed by atoms with Crippen molar-refractivity contribution in [1.82, 2.24) is 10.3 Å². The Morgan fingerprint density at radius 1 is 1.26 bits per heavy atom. The number of aromatic nitrogens is 1. The van der Waals surface area contributed by atoms with E-state index in [1.54, 1.807) is 13.1 Å². The highest BCUT2D eigenvalue weighted by atomic mass is 32.2. The number of anilines is 1. The molecule has 1 unspecified atom stereocenters. The van der Waals surface area contributed by atoms with E-state index in [0.717, 1.165) is 41.5 Å². The number of carbonyl (C=O) groups excluding carboxylic acids is 2. The topological polar surface area (TPSA) is 109 Å². The molecule has 1 aromatic heterocycles. The largest absolute Gasteiger partial charge is 0.492 e. The fraction of sp³-hybridized carbons (Fsp3) is 0.273. The minimum atomic E-state index is -0.891. The third-order valence-electron chi connectivity index (χ3n) is 4.16. The van der Waals surface area contributed by atoms with Crippen LogP contribution in [0.1, 0.15) is 12.5 Å². The van der Waals surface area contributed by atoms with Crippen molar-refractivity contribution >= 4 is 34.7 Å². The number of imide groups is 1. The van der Waals surface area contributed by atoms with Crippen molar-refractivity contribution in [3.05, 3.63) is 66.4 Å². The van der Waals surface area contributed by atoms with Gasteiger partial charge in [-0.2, -0.15) is 0 Å². The zero-order valence-corrected chi connectivity index (χ0v) is 18.2. The van der Waals surface area contributed by atoms with Gasteiger partial charge in [0.1, 0.15) is 18.2 Å². The summed E-state index contributed by atoms with van der Waals surface area (Å²) in [6.07, 6.45) is 4.86. The van der Waals surface area contributed by atoms with Crippen LogP contribution in [0.4, 0.5) is 10.6 Å². The van der Waals surface area contributed by atoms with Crippen molar-refractivity contribution in [2.75, 3.05) is 25.1 Å². The van der Waals surface area contributed by atoms with Crippen molar-refractivity contribution in [3.63, 3.8) is 0 Å². The Morgan fingerprint density at radius 2 is 2.00 bits per heavy atom. The number of ether oxygens (including phenoxy) is 1. The van der Waals surface area contributed by atoms with Crippen molar-refractivity contribution in [2.45, 2.75) is 18.6 Å². The molecular weight excluding hydrogens is 418 g/mol. The number of carboxylic acids is 1. The standard InChI is InChI=1S/C18H19N3O3S.C4H6O2/c1-21(16-4-2-3-9-19-16)10-11-24-14-7-5-13(6-8-14)12-15-17(22)20-18(23)25-15;1-2-3-4(5)6/h2-9,15H,10-12H2,1H3,(H,20,22,23);2-3H,1H3,(H,5,6)/b;3-2-. The van der Waals surface area contributed by atoms with E-state index in [-0.39, 0.29) is 16.4 Å². The molecule has 0 radical (unpaired) electrons. The van der Waals surface area contributed by atoms with Crippen LogP contribution in [0.25, 0.3) is 0 Å². The molecule has 1 fully saturated rings. The van der Waals surface area contributed by atoms with Gasteiger partial charge in [0.25, 0.3) is 5.24 Å². The number of allylic oxidation sites excluding steroid dienone is 1. The van der Waals surface area contributed by atoms with Crippen LogP contribution in [0.3, 0.4) is 0 Å². The molecule has 3 rings (SSSR count). The van der Waals surface area contributed by atoms with Gasteiger partial charge >= 0.3 is 5.97 Å². The minimum absolute atomic E-state index is 0.215. The van der Waals surface area contributed by atoms with E-state index in [2.05, 4.69) is 10.3 Å². The van der Waals surface area contributed by atoms with Crippen molar-refractivity contribution in [2.24, 2.45) is 0 Å². The number of carboxylic acid groups (broad SMARTS) is 1. The van der Waals surface area contributed by atoms with Gasteiger partial charge in [0.15, 0.2) is 0 Å². The quantitative estimate of drug-likeness (QED) is 0.599. The van der Waals surface area contributed by atoms with E-state index in [4.69, 9.17) is 9.84 Å². The van der Waals surface area contributed by atoms with Crippen molar-refractivity contribution < 1.29 is 24.2 Å². The molecule has 0 saturated carbocycles. The number of nitrogens with one attached hydrogen (secondary N) is 1. The maximum absolute atomic E-state index is 11.6. The lowest BCUT2D eigenvalue weighted by Gasteiger charge is -2.18. The normalized spacial score (nSPS) is 15.2. The van der Waals surface area contributed by atoms with Gasteiger partial charge in [0.05, 0.1) is 11.8 Å². The Labute approximate surface area is 185 Å². The smallest absolute Gasteiger partial charge is 0.327 e. The summed E-state index contributed by atoms with van der Waals surface area (Å²) in [5.74, 6) is 0.575. The summed E-state index contributed by atoms with van der Waals surface area (Å²) in [6.45, 7) is 2.93. The molecule has 2 N–H and O–H groups in total. The molecule has 9 heteroatoms. The average molecular weight is 444 g/mol. The highest BCUT2D eigenvalue weighted by Crippen LogP contribution is 2.23. The van der Waals surface area contributed by atoms with Gasteiger partial charge in [-0.15, -0.1) is 0 Å². The third-order valence-corrected chi connectivity index (χ3v) is 5.14. The van der Waals surface area contributed by atoms with Gasteiger partial charge < -0.3 is 14.7 Å². The van der Waals surface area contributed by atoms with Gasteiger partial charge in [0, 0.05) is 19.3 Å². The second-order valence-corrected chi connectivity index (χ2v) is 7.70. The first-order chi connectivity index (χ1) is 14.9. The molecule has 8 nitrogen and oxygen atoms in total. The van der Waals surface area contributed by atoms with Gasteiger partial charge in [-0.05, 0) is 43.2 Å². The molecule has 1 aromatic carbocycles. The summed E-state index contributed by atoms with van der Waals surface area (Å²) in [5.41, 5.74) is 1.00. The Kier molecular flexibility index (Phi) is 9.57. The maximum atomic E-state index is 11.6. The lowest BCUT2D eigenvalue weighted by Crippen LogP contribution is -2.25. The number of benzene rings is 1. The molecule has 2 aromatic rings. The van der Waals surface area contributed by atoms with E-state index in [1.165, 1.54) is 6.08 Å². The molecule has 2 amide bonds. The van der Waals surface area contributed by atoms with Gasteiger partial charge in [-0.3, -0.25) is 14.9 Å². The summed E-state index contributed by atoms with van der Waals surface area (Å²) in [7, 11) is 1.97. The minimum Gasteiger partial charge on any atom is -0.492 e. The molecular formula is C22H25N3O5S. The van der Waals surface area contributed by atoms with Crippen LogP contribution in [-0.2, 0) is 16.0 Å².